The highest BCUT2D eigenvalue weighted by Gasteiger charge is 2.45. The maximum atomic E-state index is 13.7. The number of rotatable bonds is 6. The topological polar surface area (TPSA) is 107 Å². The maximum Gasteiger partial charge on any atom is 0.437 e. The van der Waals surface area contributed by atoms with Gasteiger partial charge in [0.2, 0.25) is 11.9 Å². The molecule has 1 fully saturated rings. The van der Waals surface area contributed by atoms with Crippen molar-refractivity contribution in [1.29, 1.82) is 0 Å². The number of carbonyl (C=O) groups is 3. The number of hydrogen-bond donors (Lipinski definition) is 1. The van der Waals surface area contributed by atoms with Crippen molar-refractivity contribution in [2.45, 2.75) is 77.0 Å². The minimum Gasteiger partial charge on any atom is -0.493 e. The predicted octanol–water partition coefficient (Wildman–Crippen LogP) is 4.52. The van der Waals surface area contributed by atoms with Gasteiger partial charge in [-0.25, -0.2) is 9.59 Å². The fourth-order valence-electron chi connectivity index (χ4n) is 4.42. The molecule has 0 bridgehead atoms. The number of carbonyl (C=O) groups excluding carboxylic acids is 3. The Morgan fingerprint density at radius 2 is 2.11 bits per heavy atom. The number of fused-ring (bicyclic) bond motifs is 1. The van der Waals surface area contributed by atoms with E-state index in [1.54, 1.807) is 39.0 Å². The van der Waals surface area contributed by atoms with Gasteiger partial charge in [0.05, 0.1) is 31.7 Å². The number of allylic oxidation sites excluding steroid dienone is 1. The van der Waals surface area contributed by atoms with Crippen LogP contribution in [0.2, 0.25) is 0 Å². The van der Waals surface area contributed by atoms with Crippen molar-refractivity contribution >= 4 is 23.9 Å². The first-order chi connectivity index (χ1) is 16.5. The van der Waals surface area contributed by atoms with Crippen molar-refractivity contribution in [3.05, 3.63) is 42.0 Å². The number of ether oxygens (including phenoxy) is 3. The highest BCUT2D eigenvalue weighted by atomic mass is 16.6. The van der Waals surface area contributed by atoms with Crippen LogP contribution in [-0.4, -0.2) is 53.7 Å². The van der Waals surface area contributed by atoms with Gasteiger partial charge in [-0.05, 0) is 58.2 Å². The zero-order valence-corrected chi connectivity index (χ0v) is 21.2. The Morgan fingerprint density at radius 3 is 2.74 bits per heavy atom. The van der Waals surface area contributed by atoms with Crippen molar-refractivity contribution < 1.29 is 28.6 Å². The average molecular weight is 486 g/mol. The van der Waals surface area contributed by atoms with E-state index in [1.165, 1.54) is 12.0 Å². The highest BCUT2D eigenvalue weighted by Crippen LogP contribution is 2.40. The molecule has 9 heteroatoms. The molecular weight excluding hydrogens is 450 g/mol. The molecule has 1 N–H and O–H groups in total. The van der Waals surface area contributed by atoms with Gasteiger partial charge in [-0.2, -0.15) is 0 Å². The largest absolute Gasteiger partial charge is 0.493 e. The fraction of sp³-hybridized carbons (Fsp3) is 0.538. The van der Waals surface area contributed by atoms with Gasteiger partial charge in [-0.15, -0.1) is 11.6 Å². The van der Waals surface area contributed by atoms with Crippen molar-refractivity contribution in [3.8, 4) is 5.75 Å². The number of aliphatic imine (C=N–C) groups is 1. The lowest BCUT2D eigenvalue weighted by Gasteiger charge is -2.46. The van der Waals surface area contributed by atoms with Crippen LogP contribution in [0.1, 0.15) is 81.8 Å². The van der Waals surface area contributed by atoms with Gasteiger partial charge >= 0.3 is 12.1 Å². The number of methoxy groups -OCH3 is 1. The van der Waals surface area contributed by atoms with E-state index in [0.717, 1.165) is 0 Å². The molecule has 2 aliphatic heterocycles. The van der Waals surface area contributed by atoms with Gasteiger partial charge < -0.3 is 19.5 Å². The molecular formula is C26H35N3O6. The van der Waals surface area contributed by atoms with Crippen LogP contribution in [0.25, 0.3) is 0 Å². The Balaban J connectivity index is 2.07. The van der Waals surface area contributed by atoms with Crippen LogP contribution in [0, 0.1) is 0 Å². The Morgan fingerprint density at radius 1 is 1.37 bits per heavy atom. The average Bonchev–Trinajstić information content (AvgIpc) is 2.80. The zero-order valence-electron chi connectivity index (χ0n) is 21.2. The van der Waals surface area contributed by atoms with Gasteiger partial charge in [-0.3, -0.25) is 9.69 Å². The first-order valence-electron chi connectivity index (χ1n) is 11.9. The molecule has 2 amide bonds. The van der Waals surface area contributed by atoms with Crippen LogP contribution >= 0.6 is 0 Å². The van der Waals surface area contributed by atoms with Crippen LogP contribution in [0.3, 0.4) is 0 Å². The molecule has 9 nitrogen and oxygen atoms in total. The van der Waals surface area contributed by atoms with Gasteiger partial charge in [0.15, 0.2) is 0 Å². The summed E-state index contributed by atoms with van der Waals surface area (Å²) in [7, 11) is 1.31. The van der Waals surface area contributed by atoms with Crippen LogP contribution in [0.4, 0.5) is 4.79 Å². The van der Waals surface area contributed by atoms with Gasteiger partial charge in [0.25, 0.3) is 0 Å². The van der Waals surface area contributed by atoms with E-state index in [1.807, 2.05) is 13.0 Å². The smallest absolute Gasteiger partial charge is 0.437 e. The molecule has 190 valence electrons. The van der Waals surface area contributed by atoms with Crippen LogP contribution < -0.4 is 10.1 Å². The minimum absolute atomic E-state index is 0.141. The Kier molecular flexibility index (Phi) is 7.87. The van der Waals surface area contributed by atoms with Crippen LogP contribution in [-0.2, 0) is 14.3 Å². The second-order valence-corrected chi connectivity index (χ2v) is 9.84. The monoisotopic (exact) mass is 485 g/mol. The Bertz CT molecular complexity index is 1030. The first kappa shape index (κ1) is 26.2. The van der Waals surface area contributed by atoms with Crippen LogP contribution in [0.15, 0.2) is 35.8 Å². The Hall–Kier alpha value is -3.36. The lowest BCUT2D eigenvalue weighted by molar-refractivity contribution is -0.133. The van der Waals surface area contributed by atoms with Crippen molar-refractivity contribution in [2.75, 3.05) is 13.7 Å². The molecule has 1 saturated heterocycles. The molecule has 2 atom stereocenters. The predicted molar refractivity (Wildman–Crippen MR) is 131 cm³/mol. The number of nitrogens with one attached hydrogen (secondary N) is 1. The van der Waals surface area contributed by atoms with E-state index in [4.69, 9.17) is 14.2 Å². The summed E-state index contributed by atoms with van der Waals surface area (Å²) in [5, 5.41) is 3.40. The highest BCUT2D eigenvalue weighted by molar-refractivity contribution is 6.04. The summed E-state index contributed by atoms with van der Waals surface area (Å²) in [6.45, 7) is 11.4. The van der Waals surface area contributed by atoms with Crippen molar-refractivity contribution in [2.24, 2.45) is 4.99 Å². The summed E-state index contributed by atoms with van der Waals surface area (Å²) >= 11 is 0. The zero-order chi connectivity index (χ0) is 25.8. The molecule has 1 aromatic rings. The molecule has 35 heavy (non-hydrogen) atoms. The molecule has 2 aliphatic rings. The normalized spacial score (nSPS) is 23.1. The number of amides is 2. The number of nitrogens with zero attached hydrogens (tertiary/aromatic N) is 2. The summed E-state index contributed by atoms with van der Waals surface area (Å²) < 4.78 is 16.1. The van der Waals surface area contributed by atoms with Crippen LogP contribution in [0.5, 0.6) is 5.75 Å². The minimum atomic E-state index is -0.788. The number of hydrogen-bond acceptors (Lipinski definition) is 6. The van der Waals surface area contributed by atoms with E-state index in [0.29, 0.717) is 49.2 Å². The third-order valence-corrected chi connectivity index (χ3v) is 6.21. The van der Waals surface area contributed by atoms with E-state index >= 15 is 0 Å². The summed E-state index contributed by atoms with van der Waals surface area (Å²) in [5.41, 5.74) is -0.305. The third-order valence-electron chi connectivity index (χ3n) is 6.21. The number of benzene rings is 1. The second-order valence-electron chi connectivity index (χ2n) is 9.84. The third kappa shape index (κ3) is 6.01. The molecule has 0 radical (unpaired) electrons. The summed E-state index contributed by atoms with van der Waals surface area (Å²) in [5.74, 6) is 0.0515. The van der Waals surface area contributed by atoms with E-state index in [9.17, 15) is 14.4 Å². The number of esters is 1. The van der Waals surface area contributed by atoms with Crippen molar-refractivity contribution in [1.82, 2.24) is 10.2 Å². The lowest BCUT2D eigenvalue weighted by atomic mass is 9.84. The van der Waals surface area contributed by atoms with Gasteiger partial charge in [0.1, 0.15) is 11.4 Å². The lowest BCUT2D eigenvalue weighted by Crippen LogP contribution is -2.63. The van der Waals surface area contributed by atoms with Gasteiger partial charge in [0, 0.05) is 17.5 Å². The summed E-state index contributed by atoms with van der Waals surface area (Å²) in [6, 6.07) is 4.50. The Labute approximate surface area is 206 Å². The molecule has 3 rings (SSSR count). The molecule has 0 aromatic heterocycles. The molecule has 0 unspecified atom stereocenters. The SMILES string of the molecule is C=CCC[C@]1(CC)CC(=O)N([C@@H]2CCOc3ccc(C(=O)OC)cc32)/C(=N/C(=O)OC(C)(C)C)N1. The summed E-state index contributed by atoms with van der Waals surface area (Å²) in [4.78, 5) is 44.3. The molecule has 1 aromatic carbocycles. The summed E-state index contributed by atoms with van der Waals surface area (Å²) in [6.07, 6.45) is 3.74. The molecule has 0 spiro atoms. The van der Waals surface area contributed by atoms with Crippen molar-refractivity contribution in [3.63, 3.8) is 0 Å². The first-order valence-corrected chi connectivity index (χ1v) is 11.9. The molecule has 0 saturated carbocycles. The molecule has 0 aliphatic carbocycles. The van der Waals surface area contributed by atoms with Gasteiger partial charge in [-0.1, -0.05) is 13.0 Å². The fourth-order valence-corrected chi connectivity index (χ4v) is 4.42. The van der Waals surface area contributed by atoms with E-state index in [-0.39, 0.29) is 18.3 Å². The standard InChI is InChI=1S/C26H35N3O6/c1-7-9-13-26(8-2)16-21(30)29(23(28-26)27-24(32)35-25(3,4)5)19-12-14-34-20-11-10-17(15-18(19)20)22(31)33-6/h7,10-11,15,19H,1,8-9,12-14,16H2,2-6H3,(H,27,28,32)/t19-,26-/m1/s1. The van der Waals surface area contributed by atoms with E-state index < -0.39 is 29.2 Å². The number of guanidine groups is 1. The maximum absolute atomic E-state index is 13.7. The second kappa shape index (κ2) is 10.5. The molecule has 2 heterocycles. The quantitative estimate of drug-likeness (QED) is 0.466. The van der Waals surface area contributed by atoms with E-state index in [2.05, 4.69) is 16.9 Å².